The van der Waals surface area contributed by atoms with E-state index < -0.39 is 0 Å². The van der Waals surface area contributed by atoms with Crippen molar-refractivity contribution in [3.05, 3.63) is 69.7 Å². The number of ether oxygens (including phenoxy) is 1. The second-order valence-corrected chi connectivity index (χ2v) is 7.24. The minimum absolute atomic E-state index is 0.0209. The van der Waals surface area contributed by atoms with Crippen LogP contribution in [0.25, 0.3) is 22.6 Å². The van der Waals surface area contributed by atoms with Crippen molar-refractivity contribution in [2.75, 3.05) is 7.11 Å². The lowest BCUT2D eigenvalue weighted by atomic mass is 10.2. The molecule has 0 saturated carbocycles. The van der Waals surface area contributed by atoms with Gasteiger partial charge in [0.15, 0.2) is 17.1 Å². The van der Waals surface area contributed by atoms with Gasteiger partial charge in [0.2, 0.25) is 5.89 Å². The molecule has 0 aliphatic carbocycles. The molecule has 1 aromatic heterocycles. The summed E-state index contributed by atoms with van der Waals surface area (Å²) in [6, 6.07) is 16.2. The minimum atomic E-state index is 0.0209. The summed E-state index contributed by atoms with van der Waals surface area (Å²) in [5.74, 6) is 0.885. The molecule has 0 saturated heterocycles. The molecule has 0 spiro atoms. The van der Waals surface area contributed by atoms with Gasteiger partial charge in [0.25, 0.3) is 0 Å². The predicted octanol–water partition coefficient (Wildman–Crippen LogP) is 6.38. The Morgan fingerprint density at radius 3 is 2.86 bits per heavy atom. The van der Waals surface area contributed by atoms with Crippen LogP contribution >= 0.6 is 27.5 Å². The normalized spacial score (nSPS) is 11.4. The third kappa shape index (κ3) is 3.61. The van der Waals surface area contributed by atoms with Crippen molar-refractivity contribution in [1.82, 2.24) is 4.98 Å². The van der Waals surface area contributed by atoms with Crippen molar-refractivity contribution in [3.63, 3.8) is 0 Å². The lowest BCUT2D eigenvalue weighted by Gasteiger charge is -2.07. The number of methoxy groups -OCH3 is 1. The van der Waals surface area contributed by atoms with E-state index in [4.69, 9.17) is 20.8 Å². The van der Waals surface area contributed by atoms with E-state index in [2.05, 4.69) is 25.9 Å². The van der Waals surface area contributed by atoms with Crippen molar-refractivity contribution in [1.29, 1.82) is 0 Å². The van der Waals surface area contributed by atoms with E-state index in [1.165, 1.54) is 7.11 Å². The zero-order valence-corrected chi connectivity index (χ0v) is 17.0. The average molecular weight is 458 g/mol. The quantitative estimate of drug-likeness (QED) is 0.361. The Morgan fingerprint density at radius 2 is 2.04 bits per heavy atom. The summed E-state index contributed by atoms with van der Waals surface area (Å²) < 4.78 is 11.7. The van der Waals surface area contributed by atoms with Crippen LogP contribution in [-0.2, 0) is 0 Å². The molecule has 0 bridgehead atoms. The standard InChI is InChI=1S/C21H14BrClN2O3/c1-27-19-8-6-16(22)15(20(19)26)11-24-14-4-2-3-12(9-14)21-25-17-10-13(23)5-7-18(17)28-21/h2-11,26H,1H3. The third-order valence-corrected chi connectivity index (χ3v) is 5.06. The average Bonchev–Trinajstić information content (AvgIpc) is 3.11. The largest absolute Gasteiger partial charge is 0.504 e. The highest BCUT2D eigenvalue weighted by molar-refractivity contribution is 9.10. The van der Waals surface area contributed by atoms with Crippen LogP contribution in [0, 0.1) is 0 Å². The van der Waals surface area contributed by atoms with Gasteiger partial charge in [-0.2, -0.15) is 0 Å². The lowest BCUT2D eigenvalue weighted by molar-refractivity contribution is 0.373. The topological polar surface area (TPSA) is 67.9 Å². The number of aromatic nitrogens is 1. The fourth-order valence-corrected chi connectivity index (χ4v) is 3.32. The number of aliphatic imine (C=N–C) groups is 1. The van der Waals surface area contributed by atoms with Gasteiger partial charge in [-0.3, -0.25) is 4.99 Å². The Morgan fingerprint density at radius 1 is 1.18 bits per heavy atom. The highest BCUT2D eigenvalue weighted by atomic mass is 79.9. The molecule has 4 aromatic rings. The summed E-state index contributed by atoms with van der Waals surface area (Å²) in [6.07, 6.45) is 1.58. The van der Waals surface area contributed by atoms with Gasteiger partial charge in [0.05, 0.1) is 18.4 Å². The van der Waals surface area contributed by atoms with E-state index in [9.17, 15) is 5.11 Å². The number of phenolic OH excluding ortho intramolecular Hbond substituents is 1. The van der Waals surface area contributed by atoms with Crippen LogP contribution < -0.4 is 4.74 Å². The summed E-state index contributed by atoms with van der Waals surface area (Å²) in [5, 5.41) is 10.9. The first-order valence-corrected chi connectivity index (χ1v) is 9.48. The molecule has 1 N–H and O–H groups in total. The summed E-state index contributed by atoms with van der Waals surface area (Å²) in [6.45, 7) is 0. The van der Waals surface area contributed by atoms with Gasteiger partial charge >= 0.3 is 0 Å². The van der Waals surface area contributed by atoms with Crippen LogP contribution in [0.3, 0.4) is 0 Å². The van der Waals surface area contributed by atoms with Crippen LogP contribution in [0.2, 0.25) is 5.02 Å². The van der Waals surface area contributed by atoms with Gasteiger partial charge in [-0.1, -0.05) is 17.7 Å². The molecule has 4 rings (SSSR count). The van der Waals surface area contributed by atoms with Crippen molar-refractivity contribution in [2.24, 2.45) is 4.99 Å². The number of rotatable bonds is 4. The van der Waals surface area contributed by atoms with E-state index in [-0.39, 0.29) is 5.75 Å². The fraction of sp³-hybridized carbons (Fsp3) is 0.0476. The molecule has 0 fully saturated rings. The number of phenols is 1. The van der Waals surface area contributed by atoms with E-state index in [1.54, 1.807) is 36.5 Å². The summed E-state index contributed by atoms with van der Waals surface area (Å²) in [4.78, 5) is 8.95. The van der Waals surface area contributed by atoms with Crippen molar-refractivity contribution < 1.29 is 14.3 Å². The number of halogens is 2. The molecule has 0 aliphatic rings. The van der Waals surface area contributed by atoms with Gasteiger partial charge < -0.3 is 14.3 Å². The Balaban J connectivity index is 1.68. The molecule has 1 heterocycles. The van der Waals surface area contributed by atoms with Gasteiger partial charge in [-0.15, -0.1) is 0 Å². The first-order valence-electron chi connectivity index (χ1n) is 8.31. The molecule has 28 heavy (non-hydrogen) atoms. The monoisotopic (exact) mass is 456 g/mol. The second kappa shape index (κ2) is 7.66. The summed E-state index contributed by atoms with van der Waals surface area (Å²) >= 11 is 9.43. The van der Waals surface area contributed by atoms with Crippen LogP contribution in [0.5, 0.6) is 11.5 Å². The van der Waals surface area contributed by atoms with Crippen molar-refractivity contribution in [3.8, 4) is 23.0 Å². The fourth-order valence-electron chi connectivity index (χ4n) is 2.73. The molecule has 0 radical (unpaired) electrons. The molecule has 5 nitrogen and oxygen atoms in total. The van der Waals surface area contributed by atoms with Crippen LogP contribution in [0.1, 0.15) is 5.56 Å². The highest BCUT2D eigenvalue weighted by Crippen LogP contribution is 2.34. The first-order chi connectivity index (χ1) is 13.5. The van der Waals surface area contributed by atoms with Crippen LogP contribution in [0.15, 0.2) is 68.5 Å². The Labute approximate surface area is 174 Å². The molecule has 0 aliphatic heterocycles. The van der Waals surface area contributed by atoms with E-state index >= 15 is 0 Å². The second-order valence-electron chi connectivity index (χ2n) is 5.95. The summed E-state index contributed by atoms with van der Waals surface area (Å²) in [7, 11) is 1.50. The van der Waals surface area contributed by atoms with Gasteiger partial charge in [0, 0.05) is 21.3 Å². The third-order valence-electron chi connectivity index (χ3n) is 4.13. The minimum Gasteiger partial charge on any atom is -0.504 e. The van der Waals surface area contributed by atoms with E-state index in [1.807, 2.05) is 24.3 Å². The van der Waals surface area contributed by atoms with Crippen molar-refractivity contribution in [2.45, 2.75) is 0 Å². The maximum atomic E-state index is 10.3. The molecule has 7 heteroatoms. The molecular weight excluding hydrogens is 444 g/mol. The molecule has 3 aromatic carbocycles. The number of nitrogens with zero attached hydrogens (tertiary/aromatic N) is 2. The number of benzene rings is 3. The van der Waals surface area contributed by atoms with Crippen LogP contribution in [-0.4, -0.2) is 23.4 Å². The van der Waals surface area contributed by atoms with Crippen LogP contribution in [0.4, 0.5) is 5.69 Å². The molecular formula is C21H14BrClN2O3. The SMILES string of the molecule is COc1ccc(Br)c(C=Nc2cccc(-c3nc4cc(Cl)ccc4o3)c2)c1O. The Hall–Kier alpha value is -2.83. The predicted molar refractivity (Wildman–Crippen MR) is 114 cm³/mol. The highest BCUT2D eigenvalue weighted by Gasteiger charge is 2.11. The zero-order chi connectivity index (χ0) is 19.7. The number of oxazole rings is 1. The number of hydrogen-bond donors (Lipinski definition) is 1. The molecule has 140 valence electrons. The van der Waals surface area contributed by atoms with Gasteiger partial charge in [-0.25, -0.2) is 4.98 Å². The smallest absolute Gasteiger partial charge is 0.227 e. The Bertz CT molecular complexity index is 1200. The maximum absolute atomic E-state index is 10.3. The van der Waals surface area contributed by atoms with Gasteiger partial charge in [0.1, 0.15) is 5.52 Å². The molecule has 0 amide bonds. The van der Waals surface area contributed by atoms with Crippen molar-refractivity contribution >= 4 is 50.5 Å². The number of aromatic hydroxyl groups is 1. The number of fused-ring (bicyclic) bond motifs is 1. The molecule has 0 unspecified atom stereocenters. The van der Waals surface area contributed by atoms with E-state index in [0.717, 1.165) is 5.56 Å². The van der Waals surface area contributed by atoms with E-state index in [0.29, 0.717) is 43.5 Å². The lowest BCUT2D eigenvalue weighted by Crippen LogP contribution is -1.90. The first kappa shape index (κ1) is 18.5. The number of hydrogen-bond acceptors (Lipinski definition) is 5. The summed E-state index contributed by atoms with van der Waals surface area (Å²) in [5.41, 5.74) is 3.37. The van der Waals surface area contributed by atoms with Gasteiger partial charge in [-0.05, 0) is 64.5 Å². The zero-order valence-electron chi connectivity index (χ0n) is 14.7. The Kier molecular flexibility index (Phi) is 5.07. The molecule has 0 atom stereocenters. The maximum Gasteiger partial charge on any atom is 0.227 e.